The average molecular weight is 374 g/mol. The third kappa shape index (κ3) is 4.83. The van der Waals surface area contributed by atoms with Gasteiger partial charge in [-0.15, -0.1) is 11.8 Å². The second kappa shape index (κ2) is 7.69. The van der Waals surface area contributed by atoms with Crippen LogP contribution < -0.4 is 5.32 Å². The SMILES string of the molecule is FC(F)(F)c1ncc(CSc2cnc(NC3CCCCC3)s2)cn1. The van der Waals surface area contributed by atoms with Crippen LogP contribution in [-0.2, 0) is 11.9 Å². The van der Waals surface area contributed by atoms with Crippen molar-refractivity contribution < 1.29 is 13.2 Å². The lowest BCUT2D eigenvalue weighted by molar-refractivity contribution is -0.145. The van der Waals surface area contributed by atoms with Crippen LogP contribution >= 0.6 is 23.1 Å². The minimum absolute atomic E-state index is 0.506. The lowest BCUT2D eigenvalue weighted by Crippen LogP contribution is -2.21. The Kier molecular flexibility index (Phi) is 5.60. The van der Waals surface area contributed by atoms with E-state index in [4.69, 9.17) is 0 Å². The van der Waals surface area contributed by atoms with Gasteiger partial charge in [0.05, 0.1) is 10.4 Å². The molecule has 2 heterocycles. The number of nitrogens with zero attached hydrogens (tertiary/aromatic N) is 3. The number of thiazole rings is 1. The summed E-state index contributed by atoms with van der Waals surface area (Å²) in [6.45, 7) is 0. The molecular weight excluding hydrogens is 357 g/mol. The van der Waals surface area contributed by atoms with Gasteiger partial charge < -0.3 is 5.32 Å². The molecule has 2 aromatic heterocycles. The largest absolute Gasteiger partial charge is 0.451 e. The maximum Gasteiger partial charge on any atom is 0.451 e. The molecule has 1 aliphatic rings. The molecule has 130 valence electrons. The van der Waals surface area contributed by atoms with Gasteiger partial charge in [0.1, 0.15) is 0 Å². The minimum atomic E-state index is -4.50. The van der Waals surface area contributed by atoms with E-state index in [1.165, 1.54) is 56.3 Å². The predicted molar refractivity (Wildman–Crippen MR) is 89.2 cm³/mol. The van der Waals surface area contributed by atoms with Gasteiger partial charge in [0, 0.05) is 24.2 Å². The number of hydrogen-bond acceptors (Lipinski definition) is 6. The third-order valence-electron chi connectivity index (χ3n) is 3.76. The van der Waals surface area contributed by atoms with Crippen molar-refractivity contribution in [3.05, 3.63) is 30.0 Å². The van der Waals surface area contributed by atoms with E-state index in [1.807, 2.05) is 0 Å². The van der Waals surface area contributed by atoms with Crippen LogP contribution in [0.5, 0.6) is 0 Å². The van der Waals surface area contributed by atoms with E-state index in [0.29, 0.717) is 17.4 Å². The van der Waals surface area contributed by atoms with Gasteiger partial charge in [-0.2, -0.15) is 13.2 Å². The Balaban J connectivity index is 1.51. The monoisotopic (exact) mass is 374 g/mol. The minimum Gasteiger partial charge on any atom is -0.359 e. The molecule has 24 heavy (non-hydrogen) atoms. The predicted octanol–water partition coefficient (Wildman–Crippen LogP) is 4.99. The van der Waals surface area contributed by atoms with E-state index >= 15 is 0 Å². The summed E-state index contributed by atoms with van der Waals surface area (Å²) in [5.41, 5.74) is 0.656. The zero-order valence-electron chi connectivity index (χ0n) is 12.8. The standard InChI is InChI=1S/C15H17F3N4S2/c16-15(17,18)13-19-6-10(7-20-13)9-23-12-8-21-14(24-12)22-11-4-2-1-3-5-11/h6-8,11H,1-5,9H2,(H,21,22). The molecule has 0 radical (unpaired) electrons. The van der Waals surface area contributed by atoms with Crippen molar-refractivity contribution in [2.24, 2.45) is 0 Å². The Hall–Kier alpha value is -1.35. The molecule has 1 fully saturated rings. The van der Waals surface area contributed by atoms with E-state index in [0.717, 1.165) is 9.34 Å². The Bertz CT molecular complexity index is 651. The number of alkyl halides is 3. The van der Waals surface area contributed by atoms with Crippen LogP contribution in [0, 0.1) is 0 Å². The van der Waals surface area contributed by atoms with Gasteiger partial charge in [0.15, 0.2) is 5.13 Å². The van der Waals surface area contributed by atoms with Crippen LogP contribution in [-0.4, -0.2) is 21.0 Å². The molecule has 0 atom stereocenters. The number of halogens is 3. The fourth-order valence-electron chi connectivity index (χ4n) is 2.54. The topological polar surface area (TPSA) is 50.7 Å². The normalized spacial score (nSPS) is 16.3. The molecule has 0 unspecified atom stereocenters. The highest BCUT2D eigenvalue weighted by Gasteiger charge is 2.34. The van der Waals surface area contributed by atoms with Gasteiger partial charge in [-0.3, -0.25) is 0 Å². The first kappa shape index (κ1) is 17.5. The van der Waals surface area contributed by atoms with Gasteiger partial charge in [0.25, 0.3) is 0 Å². The zero-order chi connectivity index (χ0) is 17.0. The quantitative estimate of drug-likeness (QED) is 0.747. The number of aromatic nitrogens is 3. The van der Waals surface area contributed by atoms with E-state index in [-0.39, 0.29) is 0 Å². The molecule has 4 nitrogen and oxygen atoms in total. The van der Waals surface area contributed by atoms with Gasteiger partial charge in [-0.25, -0.2) is 15.0 Å². The van der Waals surface area contributed by atoms with E-state index < -0.39 is 12.0 Å². The Labute approximate surface area is 146 Å². The summed E-state index contributed by atoms with van der Waals surface area (Å²) in [7, 11) is 0. The number of hydrogen-bond donors (Lipinski definition) is 1. The molecule has 0 spiro atoms. The van der Waals surface area contributed by atoms with E-state index in [2.05, 4.69) is 20.3 Å². The Morgan fingerprint density at radius 2 is 1.79 bits per heavy atom. The highest BCUT2D eigenvalue weighted by Crippen LogP contribution is 2.32. The van der Waals surface area contributed by atoms with Crippen molar-refractivity contribution >= 4 is 28.2 Å². The molecule has 9 heteroatoms. The van der Waals surface area contributed by atoms with Crippen LogP contribution in [0.25, 0.3) is 0 Å². The van der Waals surface area contributed by atoms with Gasteiger partial charge in [0.2, 0.25) is 5.82 Å². The fourth-order valence-corrected chi connectivity index (χ4v) is 4.41. The molecule has 1 N–H and O–H groups in total. The molecule has 3 rings (SSSR count). The number of nitrogens with one attached hydrogen (secondary N) is 1. The van der Waals surface area contributed by atoms with Gasteiger partial charge >= 0.3 is 6.18 Å². The molecule has 2 aromatic rings. The average Bonchev–Trinajstić information content (AvgIpc) is 3.01. The summed E-state index contributed by atoms with van der Waals surface area (Å²) < 4.78 is 38.3. The van der Waals surface area contributed by atoms with Crippen molar-refractivity contribution in [3.8, 4) is 0 Å². The first-order chi connectivity index (χ1) is 11.5. The molecule has 0 bridgehead atoms. The number of rotatable bonds is 5. The van der Waals surface area contributed by atoms with E-state index in [9.17, 15) is 13.2 Å². The molecule has 0 amide bonds. The van der Waals surface area contributed by atoms with Crippen molar-refractivity contribution in [1.29, 1.82) is 0 Å². The van der Waals surface area contributed by atoms with Crippen molar-refractivity contribution in [2.75, 3.05) is 5.32 Å². The van der Waals surface area contributed by atoms with Crippen LogP contribution in [0.2, 0.25) is 0 Å². The first-order valence-corrected chi connectivity index (χ1v) is 9.54. The summed E-state index contributed by atoms with van der Waals surface area (Å²) in [5.74, 6) is -0.587. The molecule has 0 aliphatic heterocycles. The summed E-state index contributed by atoms with van der Waals surface area (Å²) >= 11 is 3.10. The molecular formula is C15H17F3N4S2. The lowest BCUT2D eigenvalue weighted by atomic mass is 9.96. The highest BCUT2D eigenvalue weighted by molar-refractivity contribution is 8.00. The molecule has 0 aromatic carbocycles. The first-order valence-electron chi connectivity index (χ1n) is 7.74. The summed E-state index contributed by atoms with van der Waals surface area (Å²) in [6.07, 6.45) is 5.96. The Morgan fingerprint density at radius 1 is 1.08 bits per heavy atom. The van der Waals surface area contributed by atoms with Crippen LogP contribution in [0.15, 0.2) is 22.8 Å². The van der Waals surface area contributed by atoms with Crippen LogP contribution in [0.4, 0.5) is 18.3 Å². The molecule has 1 aliphatic carbocycles. The van der Waals surface area contributed by atoms with E-state index in [1.54, 1.807) is 17.5 Å². The second-order valence-corrected chi connectivity index (χ2v) is 7.97. The summed E-state index contributed by atoms with van der Waals surface area (Å²) in [4.78, 5) is 11.1. The maximum atomic E-state index is 12.4. The van der Waals surface area contributed by atoms with Gasteiger partial charge in [-0.1, -0.05) is 30.6 Å². The van der Waals surface area contributed by atoms with Crippen LogP contribution in [0.1, 0.15) is 43.5 Å². The maximum absolute atomic E-state index is 12.4. The lowest BCUT2D eigenvalue weighted by Gasteiger charge is -2.22. The van der Waals surface area contributed by atoms with Crippen molar-refractivity contribution in [3.63, 3.8) is 0 Å². The summed E-state index contributed by atoms with van der Waals surface area (Å²) in [6, 6.07) is 0.506. The Morgan fingerprint density at radius 3 is 2.46 bits per heavy atom. The van der Waals surface area contributed by atoms with Gasteiger partial charge in [-0.05, 0) is 18.4 Å². The highest BCUT2D eigenvalue weighted by atomic mass is 32.2. The van der Waals surface area contributed by atoms with Crippen molar-refractivity contribution in [1.82, 2.24) is 15.0 Å². The molecule has 1 saturated carbocycles. The number of anilines is 1. The summed E-state index contributed by atoms with van der Waals surface area (Å²) in [5, 5.41) is 4.38. The third-order valence-corrected chi connectivity index (χ3v) is 5.95. The number of thioether (sulfide) groups is 1. The van der Waals surface area contributed by atoms with Crippen LogP contribution in [0.3, 0.4) is 0 Å². The van der Waals surface area contributed by atoms with Crippen molar-refractivity contribution in [2.45, 2.75) is 54.3 Å². The zero-order valence-corrected chi connectivity index (χ0v) is 14.5. The molecule has 0 saturated heterocycles. The fraction of sp³-hybridized carbons (Fsp3) is 0.533. The smallest absolute Gasteiger partial charge is 0.359 e. The second-order valence-electron chi connectivity index (χ2n) is 5.67.